The van der Waals surface area contributed by atoms with E-state index < -0.39 is 0 Å². The number of hydrogen-bond acceptors (Lipinski definition) is 5. The smallest absolute Gasteiger partial charge is 0.272 e. The summed E-state index contributed by atoms with van der Waals surface area (Å²) in [5, 5.41) is 19.6. The standard InChI is InChI=1S/C28H38N4O3.BrH/c1-9-31(10-2)26(35)21-12-11-17-15-32(25(29)23(17)30-21)16-22(33)18-13-19(27(3,4)5)24(34)20(14-18)28(6,7)8;/h11-14,29,34H,9-10,15-16H2,1-8H3;1H. The average Bonchev–Trinajstić information content (AvgIpc) is 3.07. The zero-order chi connectivity index (χ0) is 26.3. The fourth-order valence-electron chi connectivity index (χ4n) is 4.39. The van der Waals surface area contributed by atoms with Crippen molar-refractivity contribution in [2.24, 2.45) is 0 Å². The molecule has 196 valence electrons. The molecule has 3 rings (SSSR count). The summed E-state index contributed by atoms with van der Waals surface area (Å²) in [6.07, 6.45) is 0. The van der Waals surface area contributed by atoms with Crippen molar-refractivity contribution in [3.8, 4) is 5.75 Å². The van der Waals surface area contributed by atoms with Crippen molar-refractivity contribution in [1.29, 1.82) is 5.41 Å². The molecule has 1 amide bonds. The van der Waals surface area contributed by atoms with E-state index >= 15 is 0 Å². The number of phenols is 1. The van der Waals surface area contributed by atoms with Gasteiger partial charge in [-0.05, 0) is 42.9 Å². The zero-order valence-corrected chi connectivity index (χ0v) is 24.4. The quantitative estimate of drug-likeness (QED) is 0.458. The molecule has 0 fully saturated rings. The summed E-state index contributed by atoms with van der Waals surface area (Å²) in [7, 11) is 0. The Morgan fingerprint density at radius 3 is 2.03 bits per heavy atom. The van der Waals surface area contributed by atoms with Gasteiger partial charge in [0.15, 0.2) is 5.78 Å². The number of pyridine rings is 1. The molecule has 0 saturated heterocycles. The van der Waals surface area contributed by atoms with Gasteiger partial charge in [-0.1, -0.05) is 47.6 Å². The second-order valence-corrected chi connectivity index (χ2v) is 11.2. The van der Waals surface area contributed by atoms with E-state index in [-0.39, 0.29) is 57.6 Å². The van der Waals surface area contributed by atoms with Crippen LogP contribution in [0.1, 0.15) is 98.6 Å². The number of ketones is 1. The molecule has 0 bridgehead atoms. The Hall–Kier alpha value is -2.74. The van der Waals surface area contributed by atoms with Crippen LogP contribution in [-0.4, -0.2) is 57.1 Å². The van der Waals surface area contributed by atoms with Crippen molar-refractivity contribution < 1.29 is 14.7 Å². The number of rotatable bonds is 6. The molecule has 0 spiro atoms. The van der Waals surface area contributed by atoms with Gasteiger partial charge in [-0.15, -0.1) is 17.0 Å². The molecule has 1 aliphatic heterocycles. The normalized spacial score (nSPS) is 13.3. The fraction of sp³-hybridized carbons (Fsp3) is 0.500. The Balaban J connectivity index is 0.00000456. The first-order chi connectivity index (χ1) is 16.2. The topological polar surface area (TPSA) is 97.6 Å². The number of amides is 1. The van der Waals surface area contributed by atoms with Crippen molar-refractivity contribution >= 4 is 34.5 Å². The van der Waals surface area contributed by atoms with E-state index in [4.69, 9.17) is 5.41 Å². The molecule has 0 radical (unpaired) electrons. The van der Waals surface area contributed by atoms with Crippen LogP contribution < -0.4 is 0 Å². The number of hydrogen-bond donors (Lipinski definition) is 2. The number of phenolic OH excluding ortho intramolecular Hbond substituents is 1. The molecule has 7 nitrogen and oxygen atoms in total. The molecule has 0 aliphatic carbocycles. The Bertz CT molecular complexity index is 1140. The molecule has 2 heterocycles. The van der Waals surface area contributed by atoms with Gasteiger partial charge in [-0.25, -0.2) is 4.98 Å². The molecule has 2 N–H and O–H groups in total. The molecule has 36 heavy (non-hydrogen) atoms. The highest BCUT2D eigenvalue weighted by atomic mass is 79.9. The van der Waals surface area contributed by atoms with Gasteiger partial charge in [0, 0.05) is 41.9 Å². The monoisotopic (exact) mass is 558 g/mol. The third-order valence-electron chi connectivity index (χ3n) is 6.53. The van der Waals surface area contributed by atoms with Gasteiger partial charge in [0.25, 0.3) is 5.91 Å². The summed E-state index contributed by atoms with van der Waals surface area (Å²) in [5.41, 5.74) is 2.90. The molecular formula is C28H39BrN4O3. The third-order valence-corrected chi connectivity index (χ3v) is 6.53. The van der Waals surface area contributed by atoms with E-state index in [1.54, 1.807) is 28.0 Å². The van der Waals surface area contributed by atoms with Gasteiger partial charge in [0.05, 0.1) is 6.54 Å². The van der Waals surface area contributed by atoms with Crippen molar-refractivity contribution in [3.05, 3.63) is 57.9 Å². The summed E-state index contributed by atoms with van der Waals surface area (Å²) < 4.78 is 0. The number of benzene rings is 1. The summed E-state index contributed by atoms with van der Waals surface area (Å²) in [6.45, 7) is 17.5. The molecule has 2 aromatic rings. The van der Waals surface area contributed by atoms with Gasteiger partial charge >= 0.3 is 0 Å². The third kappa shape index (κ3) is 5.80. The Morgan fingerprint density at radius 2 is 1.56 bits per heavy atom. The predicted octanol–water partition coefficient (Wildman–Crippen LogP) is 5.47. The fourth-order valence-corrected chi connectivity index (χ4v) is 4.39. The zero-order valence-electron chi connectivity index (χ0n) is 22.7. The van der Waals surface area contributed by atoms with Crippen LogP contribution in [-0.2, 0) is 17.4 Å². The Labute approximate surface area is 225 Å². The second kappa shape index (κ2) is 10.7. The van der Waals surface area contributed by atoms with Crippen molar-refractivity contribution in [2.75, 3.05) is 19.6 Å². The van der Waals surface area contributed by atoms with E-state index in [1.807, 2.05) is 61.5 Å². The van der Waals surface area contributed by atoms with Gasteiger partial charge in [0.1, 0.15) is 23.0 Å². The van der Waals surface area contributed by atoms with Crippen LogP contribution in [0.5, 0.6) is 5.75 Å². The summed E-state index contributed by atoms with van der Waals surface area (Å²) >= 11 is 0. The molecule has 0 saturated carbocycles. The SMILES string of the molecule is Br.CCN(CC)C(=O)c1ccc2c(n1)C(=N)N(CC(=O)c1cc(C(C)(C)C)c(O)c(C(C)(C)C)c1)C2. The van der Waals surface area contributed by atoms with E-state index in [0.29, 0.717) is 36.6 Å². The minimum Gasteiger partial charge on any atom is -0.507 e. The Kier molecular flexibility index (Phi) is 8.77. The highest BCUT2D eigenvalue weighted by molar-refractivity contribution is 8.93. The molecule has 0 unspecified atom stereocenters. The number of carbonyl (C=O) groups is 2. The van der Waals surface area contributed by atoms with E-state index in [1.165, 1.54) is 0 Å². The van der Waals surface area contributed by atoms with Gasteiger partial charge in [-0.3, -0.25) is 15.0 Å². The van der Waals surface area contributed by atoms with Crippen LogP contribution in [0.3, 0.4) is 0 Å². The number of halogens is 1. The molecular weight excluding hydrogens is 520 g/mol. The lowest BCUT2D eigenvalue weighted by Crippen LogP contribution is -2.32. The highest BCUT2D eigenvalue weighted by Crippen LogP contribution is 2.40. The van der Waals surface area contributed by atoms with Crippen molar-refractivity contribution in [2.45, 2.75) is 72.8 Å². The van der Waals surface area contributed by atoms with Crippen LogP contribution >= 0.6 is 17.0 Å². The molecule has 1 aliphatic rings. The largest absolute Gasteiger partial charge is 0.507 e. The van der Waals surface area contributed by atoms with Crippen LogP contribution in [0, 0.1) is 5.41 Å². The number of amidine groups is 1. The maximum Gasteiger partial charge on any atom is 0.272 e. The van der Waals surface area contributed by atoms with Crippen LogP contribution in [0.15, 0.2) is 24.3 Å². The number of nitrogens with one attached hydrogen (secondary N) is 1. The van der Waals surface area contributed by atoms with Gasteiger partial charge in [-0.2, -0.15) is 0 Å². The predicted molar refractivity (Wildman–Crippen MR) is 149 cm³/mol. The van der Waals surface area contributed by atoms with Crippen molar-refractivity contribution in [3.63, 3.8) is 0 Å². The number of aromatic hydroxyl groups is 1. The first-order valence-electron chi connectivity index (χ1n) is 12.2. The lowest BCUT2D eigenvalue weighted by atomic mass is 9.78. The second-order valence-electron chi connectivity index (χ2n) is 11.2. The van der Waals surface area contributed by atoms with Crippen LogP contribution in [0.2, 0.25) is 0 Å². The lowest BCUT2D eigenvalue weighted by molar-refractivity contribution is 0.0766. The van der Waals surface area contributed by atoms with E-state index in [9.17, 15) is 14.7 Å². The number of fused-ring (bicyclic) bond motifs is 1. The number of Topliss-reactive ketones (excluding diaryl/α,β-unsaturated/α-hetero) is 1. The lowest BCUT2D eigenvalue weighted by Gasteiger charge is -2.28. The van der Waals surface area contributed by atoms with Crippen LogP contribution in [0.25, 0.3) is 0 Å². The minimum absolute atomic E-state index is 0. The summed E-state index contributed by atoms with van der Waals surface area (Å²) in [4.78, 5) is 34.0. The van der Waals surface area contributed by atoms with E-state index in [2.05, 4.69) is 4.98 Å². The Morgan fingerprint density at radius 1 is 1.03 bits per heavy atom. The maximum absolute atomic E-state index is 13.4. The minimum atomic E-state index is -0.339. The summed E-state index contributed by atoms with van der Waals surface area (Å²) in [6, 6.07) is 7.08. The first-order valence-corrected chi connectivity index (χ1v) is 12.2. The number of carbonyl (C=O) groups excluding carboxylic acids is 2. The maximum atomic E-state index is 13.4. The highest BCUT2D eigenvalue weighted by Gasteiger charge is 2.31. The molecule has 1 aromatic carbocycles. The molecule has 8 heteroatoms. The average molecular weight is 560 g/mol. The van der Waals surface area contributed by atoms with Gasteiger partial charge in [0.2, 0.25) is 0 Å². The summed E-state index contributed by atoms with van der Waals surface area (Å²) in [5.74, 6) is 0.0949. The molecule has 1 aromatic heterocycles. The van der Waals surface area contributed by atoms with Crippen LogP contribution in [0.4, 0.5) is 0 Å². The van der Waals surface area contributed by atoms with E-state index in [0.717, 1.165) is 16.7 Å². The molecule has 0 atom stereocenters. The van der Waals surface area contributed by atoms with Gasteiger partial charge < -0.3 is 14.9 Å². The first kappa shape index (κ1) is 29.5. The van der Waals surface area contributed by atoms with Crippen molar-refractivity contribution in [1.82, 2.24) is 14.8 Å². The number of nitrogens with zero attached hydrogens (tertiary/aromatic N) is 3. The number of aromatic nitrogens is 1.